The highest BCUT2D eigenvalue weighted by Crippen LogP contribution is 2.41. The second kappa shape index (κ2) is 22.3. The van der Waals surface area contributed by atoms with Crippen LogP contribution in [0.1, 0.15) is 40.0 Å². The van der Waals surface area contributed by atoms with Crippen LogP contribution in [0.5, 0.6) is 11.5 Å². The lowest BCUT2D eigenvalue weighted by molar-refractivity contribution is -0.0501. The third kappa shape index (κ3) is 11.4. The molecule has 10 rings (SSSR count). The van der Waals surface area contributed by atoms with Gasteiger partial charge in [-0.2, -0.15) is 48.3 Å². The van der Waals surface area contributed by atoms with Gasteiger partial charge in [-0.15, -0.1) is 0 Å². The summed E-state index contributed by atoms with van der Waals surface area (Å²) in [7, 11) is -2.49. The quantitative estimate of drug-likeness (QED) is 0.0950. The van der Waals surface area contributed by atoms with E-state index in [-0.39, 0.29) is 83.4 Å². The Morgan fingerprint density at radius 2 is 1.29 bits per heavy atom. The number of aryl methyl sites for hydroxylation is 1. The average molecular weight is 1110 g/mol. The highest BCUT2D eigenvalue weighted by Gasteiger charge is 2.34. The highest BCUT2D eigenvalue weighted by atomic mass is 32.2. The van der Waals surface area contributed by atoms with Gasteiger partial charge in [-0.25, -0.2) is 35.8 Å². The van der Waals surface area contributed by atoms with E-state index in [2.05, 4.69) is 50.8 Å². The van der Waals surface area contributed by atoms with Crippen LogP contribution in [-0.2, 0) is 39.8 Å². The Morgan fingerprint density at radius 3 is 1.83 bits per heavy atom. The van der Waals surface area contributed by atoms with Gasteiger partial charge in [-0.1, -0.05) is 6.42 Å². The summed E-state index contributed by atoms with van der Waals surface area (Å²) in [6.45, 7) is -5.50. The Bertz CT molecular complexity index is 3980. The van der Waals surface area contributed by atoms with Crippen molar-refractivity contribution in [3.8, 4) is 40.1 Å². The first-order valence-electron chi connectivity index (χ1n) is 23.3. The summed E-state index contributed by atoms with van der Waals surface area (Å²) in [5.41, 5.74) is 0.861. The molecule has 7 heterocycles. The van der Waals surface area contributed by atoms with Gasteiger partial charge >= 0.3 is 13.2 Å². The summed E-state index contributed by atoms with van der Waals surface area (Å²) in [5.74, 6) is -1.87. The summed E-state index contributed by atoms with van der Waals surface area (Å²) in [4.78, 5) is 36.2. The first-order valence-corrected chi connectivity index (χ1v) is 26.4. The van der Waals surface area contributed by atoms with E-state index in [1.807, 2.05) is 25.1 Å². The topological polar surface area (TPSA) is 286 Å². The fourth-order valence-corrected chi connectivity index (χ4v) is 11.2. The summed E-state index contributed by atoms with van der Waals surface area (Å²) in [6, 6.07) is 12.2. The van der Waals surface area contributed by atoms with Crippen LogP contribution >= 0.6 is 0 Å². The largest absolute Gasteiger partial charge is 0.434 e. The first kappa shape index (κ1) is 53.7. The number of halogens is 4. The lowest BCUT2D eigenvalue weighted by Crippen LogP contribution is -2.28. The number of carbonyl (C=O) groups excluding carboxylic acids is 2. The second-order valence-electron chi connectivity index (χ2n) is 17.5. The van der Waals surface area contributed by atoms with Gasteiger partial charge in [0.05, 0.1) is 63.8 Å². The monoisotopic (exact) mass is 1110 g/mol. The Kier molecular flexibility index (Phi) is 15.3. The Labute approximate surface area is 440 Å². The van der Waals surface area contributed by atoms with E-state index in [4.69, 9.17) is 10.00 Å². The van der Waals surface area contributed by atoms with E-state index >= 15 is 0 Å². The van der Waals surface area contributed by atoms with E-state index < -0.39 is 50.0 Å². The molecule has 30 heteroatoms. The zero-order valence-corrected chi connectivity index (χ0v) is 42.9. The van der Waals surface area contributed by atoms with Gasteiger partial charge in [0.25, 0.3) is 11.8 Å². The van der Waals surface area contributed by atoms with E-state index in [1.54, 1.807) is 31.6 Å². The van der Waals surface area contributed by atoms with Crippen molar-refractivity contribution in [2.75, 3.05) is 31.3 Å². The fourth-order valence-electron chi connectivity index (χ4n) is 8.05. The molecular formula is C48H44F4N16O8S2. The van der Waals surface area contributed by atoms with E-state index in [0.717, 1.165) is 18.6 Å². The number of hydrogen-bond donors (Lipinski definition) is 2. The van der Waals surface area contributed by atoms with Crippen LogP contribution in [0.25, 0.3) is 33.8 Å². The molecule has 0 spiro atoms. The maximum atomic E-state index is 13.5. The fraction of sp³-hybridized carbons (Fsp3) is 0.250. The second-order valence-corrected chi connectivity index (χ2v) is 21.7. The lowest BCUT2D eigenvalue weighted by Gasteiger charge is -2.25. The molecule has 0 unspecified atom stereocenters. The number of anilines is 2. The average Bonchev–Trinajstić information content (AvgIpc) is 4.34. The van der Waals surface area contributed by atoms with Gasteiger partial charge < -0.3 is 25.0 Å². The number of sulfone groups is 2. The van der Waals surface area contributed by atoms with Crippen LogP contribution in [0.2, 0.25) is 0 Å². The van der Waals surface area contributed by atoms with Gasteiger partial charge in [0.1, 0.15) is 45.5 Å². The summed E-state index contributed by atoms with van der Waals surface area (Å²) >= 11 is 0. The Morgan fingerprint density at radius 1 is 0.744 bits per heavy atom. The van der Waals surface area contributed by atoms with Crippen molar-refractivity contribution >= 4 is 54.2 Å². The molecule has 7 aromatic heterocycles. The molecule has 404 valence electrons. The number of fused-ring (bicyclic) bond motifs is 2. The van der Waals surface area contributed by atoms with Crippen LogP contribution < -0.4 is 20.1 Å². The van der Waals surface area contributed by atoms with Crippen LogP contribution in [0.3, 0.4) is 0 Å². The van der Waals surface area contributed by atoms with E-state index in [9.17, 15) is 44.0 Å². The first-order chi connectivity index (χ1) is 37.3. The van der Waals surface area contributed by atoms with Gasteiger partial charge in [0.2, 0.25) is 9.84 Å². The number of amides is 2. The predicted octanol–water partition coefficient (Wildman–Crippen LogP) is 5.87. The number of rotatable bonds is 18. The van der Waals surface area contributed by atoms with Gasteiger partial charge in [-0.05, 0) is 75.5 Å². The van der Waals surface area contributed by atoms with E-state index in [1.165, 1.54) is 96.9 Å². The molecular weight excluding hydrogens is 1070 g/mol. The van der Waals surface area contributed by atoms with Crippen molar-refractivity contribution in [3.63, 3.8) is 0 Å². The number of alkyl halides is 4. The number of nitrogens with zero attached hydrogens (tertiary/aromatic N) is 14. The summed E-state index contributed by atoms with van der Waals surface area (Å²) < 4.78 is 122. The molecule has 1 fully saturated rings. The normalized spacial score (nSPS) is 12.9. The van der Waals surface area contributed by atoms with Gasteiger partial charge in [0, 0.05) is 61.9 Å². The Hall–Kier alpha value is -9.08. The van der Waals surface area contributed by atoms with Gasteiger partial charge in [-0.3, -0.25) is 23.6 Å². The highest BCUT2D eigenvalue weighted by molar-refractivity contribution is 7.92. The molecule has 2 aromatic carbocycles. The molecule has 0 aliphatic heterocycles. The maximum absolute atomic E-state index is 13.5. The molecule has 2 N–H and O–H groups in total. The number of hydrogen-bond acceptors (Lipinski definition) is 17. The number of benzene rings is 2. The smallest absolute Gasteiger partial charge is 0.387 e. The zero-order valence-electron chi connectivity index (χ0n) is 41.2. The Balaban J connectivity index is 0.000000191. The minimum atomic E-state index is -4.10. The predicted molar refractivity (Wildman–Crippen MR) is 268 cm³/mol. The number of nitriles is 1. The van der Waals surface area contributed by atoms with Crippen LogP contribution in [0.15, 0.2) is 125 Å². The molecule has 1 aliphatic carbocycles. The lowest BCUT2D eigenvalue weighted by atomic mass is 10.00. The summed E-state index contributed by atoms with van der Waals surface area (Å²) in [6.07, 6.45) is 16.1. The van der Waals surface area contributed by atoms with Crippen molar-refractivity contribution in [3.05, 3.63) is 122 Å². The minimum Gasteiger partial charge on any atom is -0.434 e. The van der Waals surface area contributed by atoms with Crippen molar-refractivity contribution < 1.29 is 53.5 Å². The molecule has 78 heavy (non-hydrogen) atoms. The van der Waals surface area contributed by atoms with Crippen molar-refractivity contribution in [2.45, 2.75) is 65.5 Å². The number of aromatic nitrogens is 12. The molecule has 0 bridgehead atoms. The standard InChI is InChI=1S/C25H25F2N9O4S.C23H19F2N7O4S/c1-33(2)9-10-35-14-17(12-29-35)41(38,39)16-5-6-21(40-25(26)27)18(11-16)22-20(15-34(3)32-22)31-24(37)19-13-30-36-8-4-7-28-23(19)36;24-23(25)36-19-6-5-15(37(34,35)14-3-1-4-14)11-16(19)20-18(13-31(30-20)10-7-26)29-22(33)17-12-28-32-9-2-8-27-21(17)32/h4-8,11-15,25H,9-10H2,1-3H3,(H,31,37);2,5-6,8-9,11-14,23H,1,3-4,10H2,(H,29,33). The van der Waals surface area contributed by atoms with Crippen molar-refractivity contribution in [1.82, 2.24) is 63.4 Å². The van der Waals surface area contributed by atoms with E-state index in [0.29, 0.717) is 31.6 Å². The molecule has 0 atom stereocenters. The number of nitrogens with one attached hydrogen (secondary N) is 2. The SMILES string of the molecule is CN(C)CCn1cc(S(=O)(=O)c2ccc(OC(F)F)c(-c3nn(C)cc3NC(=O)c3cnn4cccnc34)c2)cn1.N#CCn1cc(NC(=O)c2cnn3cccnc23)c(-c2cc(S(=O)(=O)C3CCC3)ccc2OC(F)F)n1. The molecule has 0 saturated heterocycles. The molecule has 0 radical (unpaired) electrons. The van der Waals surface area contributed by atoms with Crippen LogP contribution in [-0.4, -0.2) is 131 Å². The van der Waals surface area contributed by atoms with Crippen LogP contribution in [0, 0.1) is 11.3 Å². The molecule has 24 nitrogen and oxygen atoms in total. The maximum Gasteiger partial charge on any atom is 0.387 e. The molecule has 1 aliphatic rings. The third-order valence-corrected chi connectivity index (χ3v) is 16.0. The van der Waals surface area contributed by atoms with Crippen molar-refractivity contribution in [1.29, 1.82) is 5.26 Å². The van der Waals surface area contributed by atoms with Crippen molar-refractivity contribution in [2.24, 2.45) is 7.05 Å². The van der Waals surface area contributed by atoms with Crippen LogP contribution in [0.4, 0.5) is 28.9 Å². The van der Waals surface area contributed by atoms with Gasteiger partial charge in [0.15, 0.2) is 21.1 Å². The third-order valence-electron chi connectivity index (χ3n) is 12.0. The minimum absolute atomic E-state index is 0.0136. The number of carbonyl (C=O) groups is 2. The molecule has 1 saturated carbocycles. The number of likely N-dealkylation sites (N-methyl/N-ethyl adjacent to an activating group) is 1. The molecule has 9 aromatic rings. The zero-order chi connectivity index (χ0) is 55.5. The summed E-state index contributed by atoms with van der Waals surface area (Å²) in [5, 5.41) is 34.8. The number of ether oxygens (including phenoxy) is 2. The molecule has 2 amide bonds.